The van der Waals surface area contributed by atoms with Crippen LogP contribution in [0, 0.1) is 25.2 Å². The Morgan fingerprint density at radius 3 is 2.37 bits per heavy atom. The quantitative estimate of drug-likeness (QED) is 0.559. The second-order valence-electron chi connectivity index (χ2n) is 4.49. The van der Waals surface area contributed by atoms with E-state index in [1.807, 2.05) is 62.4 Å². The number of halogens is 1. The Labute approximate surface area is 118 Å². The first-order valence-electron chi connectivity index (χ1n) is 6.06. The zero-order chi connectivity index (χ0) is 13.8. The smallest absolute Gasteiger partial charge is 0.101 e. The molecule has 0 saturated carbocycles. The molecule has 0 atom stereocenters. The van der Waals surface area contributed by atoms with Crippen LogP contribution in [0.2, 0.25) is 0 Å². The highest BCUT2D eigenvalue weighted by Gasteiger charge is 2.11. The third-order valence-electron chi connectivity index (χ3n) is 3.02. The van der Waals surface area contributed by atoms with Crippen LogP contribution in [0.1, 0.15) is 22.3 Å². The molecule has 19 heavy (non-hydrogen) atoms. The van der Waals surface area contributed by atoms with E-state index in [0.29, 0.717) is 10.6 Å². The molecule has 0 bridgehead atoms. The van der Waals surface area contributed by atoms with Gasteiger partial charge in [0.05, 0.1) is 10.6 Å². The van der Waals surface area contributed by atoms with Gasteiger partial charge in [0.2, 0.25) is 0 Å². The van der Waals surface area contributed by atoms with Gasteiger partial charge in [-0.3, -0.25) is 0 Å². The molecule has 0 saturated heterocycles. The minimum Gasteiger partial charge on any atom is -0.192 e. The van der Waals surface area contributed by atoms with Gasteiger partial charge < -0.3 is 0 Å². The summed E-state index contributed by atoms with van der Waals surface area (Å²) in [5, 5.41) is 9.89. The molecule has 2 rings (SSSR count). The minimum absolute atomic E-state index is 0.509. The maximum Gasteiger partial charge on any atom is 0.101 e. The Balaban J connectivity index is 2.62. The van der Waals surface area contributed by atoms with E-state index in [0.717, 1.165) is 22.3 Å². The van der Waals surface area contributed by atoms with Crippen molar-refractivity contribution in [1.29, 1.82) is 5.26 Å². The molecular weight excluding hydrogens is 254 g/mol. The number of allylic oxidation sites excluding steroid dienone is 1. The summed E-state index contributed by atoms with van der Waals surface area (Å²) in [4.78, 5) is 0. The summed E-state index contributed by atoms with van der Waals surface area (Å²) in [5.41, 5.74) is 4.47. The Bertz CT molecular complexity index is 663. The maximum absolute atomic E-state index is 9.38. The summed E-state index contributed by atoms with van der Waals surface area (Å²) in [6, 6.07) is 17.8. The van der Waals surface area contributed by atoms with E-state index in [-0.39, 0.29) is 0 Å². The van der Waals surface area contributed by atoms with Crippen molar-refractivity contribution in [2.45, 2.75) is 13.8 Å². The summed E-state index contributed by atoms with van der Waals surface area (Å²) in [5.74, 6) is 0. The lowest BCUT2D eigenvalue weighted by Gasteiger charge is -2.08. The van der Waals surface area contributed by atoms with E-state index in [1.165, 1.54) is 0 Å². The molecule has 2 aromatic carbocycles. The molecule has 0 amide bonds. The van der Waals surface area contributed by atoms with Gasteiger partial charge in [0.15, 0.2) is 0 Å². The van der Waals surface area contributed by atoms with Crippen LogP contribution in [-0.2, 0) is 0 Å². The lowest BCUT2D eigenvalue weighted by atomic mass is 9.99. The molecule has 2 aromatic rings. The number of nitrogens with zero attached hydrogens (tertiary/aromatic N) is 1. The maximum atomic E-state index is 9.38. The van der Waals surface area contributed by atoms with E-state index in [1.54, 1.807) is 0 Å². The molecule has 0 spiro atoms. The van der Waals surface area contributed by atoms with Gasteiger partial charge >= 0.3 is 0 Å². The van der Waals surface area contributed by atoms with Crippen LogP contribution in [0.5, 0.6) is 0 Å². The fourth-order valence-electron chi connectivity index (χ4n) is 1.95. The van der Waals surface area contributed by atoms with Crippen LogP contribution in [0.25, 0.3) is 10.6 Å². The van der Waals surface area contributed by atoms with Crippen molar-refractivity contribution in [3.05, 3.63) is 70.8 Å². The highest BCUT2D eigenvalue weighted by atomic mass is 35.5. The standard InChI is InChI=1S/C17H14ClN/c1-12-8-9-13(2)15(10-12)17(18)16(11-19)14-6-4-3-5-7-14/h3-10H,1-2H3. The van der Waals surface area contributed by atoms with Crippen molar-refractivity contribution in [2.24, 2.45) is 0 Å². The highest BCUT2D eigenvalue weighted by Crippen LogP contribution is 2.31. The van der Waals surface area contributed by atoms with Gasteiger partial charge in [-0.15, -0.1) is 0 Å². The lowest BCUT2D eigenvalue weighted by molar-refractivity contribution is 1.37. The third-order valence-corrected chi connectivity index (χ3v) is 3.42. The molecule has 0 heterocycles. The molecule has 2 heteroatoms. The van der Waals surface area contributed by atoms with Crippen LogP contribution in [0.3, 0.4) is 0 Å². The van der Waals surface area contributed by atoms with Crippen molar-refractivity contribution >= 4 is 22.2 Å². The van der Waals surface area contributed by atoms with E-state index >= 15 is 0 Å². The van der Waals surface area contributed by atoms with Gasteiger partial charge in [0, 0.05) is 0 Å². The minimum atomic E-state index is 0.509. The molecule has 0 fully saturated rings. The Hall–Kier alpha value is -2.04. The van der Waals surface area contributed by atoms with Crippen molar-refractivity contribution in [2.75, 3.05) is 0 Å². The second kappa shape index (κ2) is 5.73. The summed E-state index contributed by atoms with van der Waals surface area (Å²) in [6.07, 6.45) is 0. The monoisotopic (exact) mass is 267 g/mol. The van der Waals surface area contributed by atoms with Crippen LogP contribution in [0.15, 0.2) is 48.5 Å². The average Bonchev–Trinajstić information content (AvgIpc) is 2.43. The van der Waals surface area contributed by atoms with Crippen LogP contribution >= 0.6 is 11.6 Å². The SMILES string of the molecule is Cc1ccc(C)c(C(Cl)=C(C#N)c2ccccc2)c1. The zero-order valence-electron chi connectivity index (χ0n) is 10.9. The molecule has 0 aliphatic heterocycles. The van der Waals surface area contributed by atoms with Crippen LogP contribution in [-0.4, -0.2) is 0 Å². The van der Waals surface area contributed by atoms with Crippen LogP contribution in [0.4, 0.5) is 0 Å². The van der Waals surface area contributed by atoms with E-state index < -0.39 is 0 Å². The molecule has 0 aliphatic rings. The molecule has 0 aromatic heterocycles. The van der Waals surface area contributed by atoms with E-state index in [4.69, 9.17) is 11.6 Å². The first kappa shape index (κ1) is 13.4. The van der Waals surface area contributed by atoms with Gasteiger partial charge in [0.25, 0.3) is 0 Å². The zero-order valence-corrected chi connectivity index (χ0v) is 11.7. The molecular formula is C17H14ClN. The number of hydrogen-bond donors (Lipinski definition) is 0. The summed E-state index contributed by atoms with van der Waals surface area (Å²) in [7, 11) is 0. The molecule has 0 radical (unpaired) electrons. The Morgan fingerprint density at radius 1 is 1.05 bits per heavy atom. The fourth-order valence-corrected chi connectivity index (χ4v) is 2.31. The number of aryl methyl sites for hydroxylation is 2. The van der Waals surface area contributed by atoms with Gasteiger partial charge in [-0.05, 0) is 30.5 Å². The summed E-state index contributed by atoms with van der Waals surface area (Å²) < 4.78 is 0. The Morgan fingerprint density at radius 2 is 1.74 bits per heavy atom. The van der Waals surface area contributed by atoms with E-state index in [9.17, 15) is 5.26 Å². The fraction of sp³-hybridized carbons (Fsp3) is 0.118. The summed E-state index contributed by atoms with van der Waals surface area (Å²) in [6.45, 7) is 4.01. The number of hydrogen-bond acceptors (Lipinski definition) is 1. The first-order valence-corrected chi connectivity index (χ1v) is 6.44. The third kappa shape index (κ3) is 2.86. The van der Waals surface area contributed by atoms with Crippen molar-refractivity contribution in [3.63, 3.8) is 0 Å². The number of nitriles is 1. The summed E-state index contributed by atoms with van der Waals surface area (Å²) >= 11 is 6.44. The first-order chi connectivity index (χ1) is 9.13. The highest BCUT2D eigenvalue weighted by molar-refractivity contribution is 6.53. The Kier molecular flexibility index (Phi) is 4.04. The van der Waals surface area contributed by atoms with Crippen molar-refractivity contribution in [3.8, 4) is 6.07 Å². The van der Waals surface area contributed by atoms with Crippen molar-refractivity contribution in [1.82, 2.24) is 0 Å². The second-order valence-corrected chi connectivity index (χ2v) is 4.86. The van der Waals surface area contributed by atoms with Crippen molar-refractivity contribution < 1.29 is 0 Å². The normalized spacial score (nSPS) is 11.7. The predicted molar refractivity (Wildman–Crippen MR) is 80.6 cm³/mol. The molecule has 0 N–H and O–H groups in total. The molecule has 0 unspecified atom stereocenters. The largest absolute Gasteiger partial charge is 0.192 e. The number of benzene rings is 2. The van der Waals surface area contributed by atoms with Crippen LogP contribution < -0.4 is 0 Å². The molecule has 1 nitrogen and oxygen atoms in total. The van der Waals surface area contributed by atoms with Gasteiger partial charge in [-0.25, -0.2) is 0 Å². The number of rotatable bonds is 2. The van der Waals surface area contributed by atoms with Gasteiger partial charge in [0.1, 0.15) is 6.07 Å². The van der Waals surface area contributed by atoms with E-state index in [2.05, 4.69) is 6.07 Å². The predicted octanol–water partition coefficient (Wildman–Crippen LogP) is 4.93. The lowest BCUT2D eigenvalue weighted by Crippen LogP contribution is -1.90. The van der Waals surface area contributed by atoms with Gasteiger partial charge in [-0.1, -0.05) is 65.7 Å². The average molecular weight is 268 g/mol. The van der Waals surface area contributed by atoms with Gasteiger partial charge in [-0.2, -0.15) is 5.26 Å². The molecule has 94 valence electrons. The topological polar surface area (TPSA) is 23.8 Å². The molecule has 0 aliphatic carbocycles.